The van der Waals surface area contributed by atoms with Crippen LogP contribution >= 0.6 is 15.9 Å². The van der Waals surface area contributed by atoms with Gasteiger partial charge in [-0.1, -0.05) is 46.3 Å². The Morgan fingerprint density at radius 1 is 1.22 bits per heavy atom. The first kappa shape index (κ1) is 22.9. The fourth-order valence-electron chi connectivity index (χ4n) is 4.95. The maximum Gasteiger partial charge on any atom is 0.316 e. The van der Waals surface area contributed by atoms with E-state index in [2.05, 4.69) is 23.0 Å². The van der Waals surface area contributed by atoms with E-state index >= 15 is 0 Å². The normalized spacial score (nSPS) is 30.4. The molecule has 2 aliphatic heterocycles. The third-order valence-electron chi connectivity index (χ3n) is 6.55. The van der Waals surface area contributed by atoms with Crippen molar-refractivity contribution in [2.45, 2.75) is 62.6 Å². The topological polar surface area (TPSA) is 46.5 Å². The lowest BCUT2D eigenvalue weighted by Gasteiger charge is -2.47. The number of carbonyl (C=O) groups is 1. The summed E-state index contributed by atoms with van der Waals surface area (Å²) in [4.78, 5) is 12.7. The first-order chi connectivity index (χ1) is 12.6. The smallest absolute Gasteiger partial charge is 0.316 e. The van der Waals surface area contributed by atoms with Gasteiger partial charge in [-0.15, -0.1) is 0 Å². The number of ether oxygens (including phenoxy) is 1. The fourth-order valence-corrected chi connectivity index (χ4v) is 5.35. The molecular weight excluding hydrogens is 474 g/mol. The summed E-state index contributed by atoms with van der Waals surface area (Å²) < 4.78 is 7.04. The van der Waals surface area contributed by atoms with E-state index in [1.165, 1.54) is 32.2 Å². The van der Waals surface area contributed by atoms with Crippen LogP contribution in [-0.2, 0) is 9.53 Å². The maximum atomic E-state index is 12.7. The summed E-state index contributed by atoms with van der Waals surface area (Å²) in [6.07, 6.45) is 6.87. The number of piperidine rings is 1. The third kappa shape index (κ3) is 5.14. The van der Waals surface area contributed by atoms with Crippen LogP contribution in [0.15, 0.2) is 30.3 Å². The molecule has 152 valence electrons. The van der Waals surface area contributed by atoms with Crippen LogP contribution < -0.4 is 17.0 Å². The Hall–Kier alpha value is -0.430. The van der Waals surface area contributed by atoms with Crippen LogP contribution in [0.1, 0.15) is 50.0 Å². The maximum absolute atomic E-state index is 12.7. The van der Waals surface area contributed by atoms with Gasteiger partial charge in [0, 0.05) is 31.0 Å². The molecule has 0 radical (unpaired) electrons. The summed E-state index contributed by atoms with van der Waals surface area (Å²) in [5, 5.41) is 10.8. The number of alkyl halides is 1. The minimum Gasteiger partial charge on any atom is -1.00 e. The second-order valence-corrected chi connectivity index (χ2v) is 8.82. The van der Waals surface area contributed by atoms with Crippen LogP contribution in [0.4, 0.5) is 0 Å². The van der Waals surface area contributed by atoms with E-state index < -0.39 is 5.92 Å². The van der Waals surface area contributed by atoms with Crippen LogP contribution in [0.5, 0.6) is 0 Å². The van der Waals surface area contributed by atoms with E-state index in [9.17, 15) is 9.90 Å². The monoisotopic (exact) mass is 503 g/mol. The minimum atomic E-state index is -0.574. The number of carbonyl (C=O) groups excluding carboxylic acids is 1. The standard InChI is InChI=1S/C21H31BrNO3.BrH/c1-23(12-6-5-11-22)17-9-10-18(23)14-19(13-17)26-21(25)20(15-24)16-7-3-2-4-8-16;/h2-4,7-8,17-20,24H,5-6,9-15H2,1H3;1H/q+1;/p-1. The zero-order valence-corrected chi connectivity index (χ0v) is 19.2. The average Bonchev–Trinajstić information content (AvgIpc) is 2.81. The van der Waals surface area contributed by atoms with Crippen molar-refractivity contribution in [2.75, 3.05) is 25.5 Å². The summed E-state index contributed by atoms with van der Waals surface area (Å²) in [5.41, 5.74) is 0.828. The number of hydrogen-bond acceptors (Lipinski definition) is 3. The number of aliphatic hydroxyl groups is 1. The summed E-state index contributed by atoms with van der Waals surface area (Å²) in [6, 6.07) is 10.7. The number of quaternary nitrogens is 1. The molecule has 0 aliphatic carbocycles. The SMILES string of the molecule is C[N+]1(CCCCBr)C2CCC1CC(OC(=O)C(CO)c1ccccc1)C2.[Br-]. The van der Waals surface area contributed by atoms with Gasteiger partial charge >= 0.3 is 5.97 Å². The zero-order chi connectivity index (χ0) is 18.6. The molecule has 3 unspecified atom stereocenters. The van der Waals surface area contributed by atoms with Crippen LogP contribution in [0.3, 0.4) is 0 Å². The van der Waals surface area contributed by atoms with Crippen LogP contribution in [-0.4, -0.2) is 59.3 Å². The lowest BCUT2D eigenvalue weighted by Crippen LogP contribution is -3.00. The Kier molecular flexibility index (Phi) is 8.78. The lowest BCUT2D eigenvalue weighted by molar-refractivity contribution is -0.949. The van der Waals surface area contributed by atoms with Crippen LogP contribution in [0, 0.1) is 0 Å². The van der Waals surface area contributed by atoms with E-state index in [4.69, 9.17) is 4.74 Å². The Labute approximate surface area is 181 Å². The highest BCUT2D eigenvalue weighted by atomic mass is 79.9. The number of halogens is 2. The largest absolute Gasteiger partial charge is 1.00 e. The Bertz CT molecular complexity index is 584. The summed E-state index contributed by atoms with van der Waals surface area (Å²) in [7, 11) is 2.40. The summed E-state index contributed by atoms with van der Waals surface area (Å²) in [5.74, 6) is -0.853. The van der Waals surface area contributed by atoms with Crippen molar-refractivity contribution < 1.29 is 36.1 Å². The van der Waals surface area contributed by atoms with Crippen LogP contribution in [0.2, 0.25) is 0 Å². The fraction of sp³-hybridized carbons (Fsp3) is 0.667. The Morgan fingerprint density at radius 3 is 2.41 bits per heavy atom. The molecular formula is C21H31Br2NO3. The number of nitrogens with zero attached hydrogens (tertiary/aromatic N) is 1. The molecule has 1 aromatic rings. The molecule has 3 rings (SSSR count). The number of fused-ring (bicyclic) bond motifs is 2. The Balaban J connectivity index is 0.00000261. The molecule has 27 heavy (non-hydrogen) atoms. The minimum absolute atomic E-state index is 0. The van der Waals surface area contributed by atoms with Gasteiger partial charge in [-0.2, -0.15) is 0 Å². The van der Waals surface area contributed by atoms with Gasteiger partial charge in [-0.05, 0) is 18.4 Å². The van der Waals surface area contributed by atoms with Crippen molar-refractivity contribution in [2.24, 2.45) is 0 Å². The zero-order valence-electron chi connectivity index (χ0n) is 16.0. The molecule has 0 aromatic heterocycles. The first-order valence-electron chi connectivity index (χ1n) is 9.85. The van der Waals surface area contributed by atoms with Gasteiger partial charge in [0.15, 0.2) is 0 Å². The predicted octanol–water partition coefficient (Wildman–Crippen LogP) is 0.625. The van der Waals surface area contributed by atoms with Crippen LogP contribution in [0.25, 0.3) is 0 Å². The number of esters is 1. The van der Waals surface area contributed by atoms with Crippen molar-refractivity contribution in [3.05, 3.63) is 35.9 Å². The molecule has 2 fully saturated rings. The molecule has 2 bridgehead atoms. The summed E-state index contributed by atoms with van der Waals surface area (Å²) >= 11 is 3.53. The van der Waals surface area contributed by atoms with Gasteiger partial charge in [0.1, 0.15) is 12.0 Å². The number of unbranched alkanes of at least 4 members (excludes halogenated alkanes) is 1. The van der Waals surface area contributed by atoms with E-state index in [0.29, 0.717) is 12.1 Å². The van der Waals surface area contributed by atoms with Gasteiger partial charge < -0.3 is 31.3 Å². The molecule has 2 saturated heterocycles. The molecule has 1 N–H and O–H groups in total. The number of hydrogen-bond donors (Lipinski definition) is 1. The van der Waals surface area contributed by atoms with E-state index in [1.54, 1.807) is 0 Å². The lowest BCUT2D eigenvalue weighted by atomic mass is 9.95. The van der Waals surface area contributed by atoms with Gasteiger partial charge in [0.2, 0.25) is 0 Å². The van der Waals surface area contributed by atoms with E-state index in [-0.39, 0.29) is 35.7 Å². The van der Waals surface area contributed by atoms with Crippen molar-refractivity contribution in [1.82, 2.24) is 0 Å². The van der Waals surface area contributed by atoms with Crippen molar-refractivity contribution in [3.8, 4) is 0 Å². The van der Waals surface area contributed by atoms with Gasteiger partial charge in [-0.3, -0.25) is 4.79 Å². The highest BCUT2D eigenvalue weighted by Gasteiger charge is 2.52. The van der Waals surface area contributed by atoms with Gasteiger partial charge in [-0.25, -0.2) is 0 Å². The predicted molar refractivity (Wildman–Crippen MR) is 106 cm³/mol. The van der Waals surface area contributed by atoms with Crippen molar-refractivity contribution >= 4 is 21.9 Å². The van der Waals surface area contributed by atoms with Gasteiger partial charge in [0.25, 0.3) is 0 Å². The highest BCUT2D eigenvalue weighted by Crippen LogP contribution is 2.42. The number of benzene rings is 1. The third-order valence-corrected chi connectivity index (χ3v) is 7.11. The molecule has 6 heteroatoms. The molecule has 1 aromatic carbocycles. The highest BCUT2D eigenvalue weighted by molar-refractivity contribution is 9.09. The molecule has 0 saturated carbocycles. The van der Waals surface area contributed by atoms with E-state index in [1.807, 2.05) is 30.3 Å². The van der Waals surface area contributed by atoms with Gasteiger partial charge in [0.05, 0.1) is 32.3 Å². The quantitative estimate of drug-likeness (QED) is 0.244. The summed E-state index contributed by atoms with van der Waals surface area (Å²) in [6.45, 7) is 1.02. The second-order valence-electron chi connectivity index (χ2n) is 8.03. The molecule has 4 nitrogen and oxygen atoms in total. The Morgan fingerprint density at radius 2 is 1.85 bits per heavy atom. The average molecular weight is 505 g/mol. The molecule has 0 amide bonds. The molecule has 0 spiro atoms. The second kappa shape index (κ2) is 10.4. The van der Waals surface area contributed by atoms with Crippen molar-refractivity contribution in [3.63, 3.8) is 0 Å². The number of rotatable bonds is 8. The first-order valence-corrected chi connectivity index (χ1v) is 11.0. The van der Waals surface area contributed by atoms with E-state index in [0.717, 1.165) is 28.2 Å². The van der Waals surface area contributed by atoms with Crippen molar-refractivity contribution in [1.29, 1.82) is 0 Å². The molecule has 2 heterocycles. The number of aliphatic hydroxyl groups excluding tert-OH is 1. The molecule has 3 atom stereocenters. The molecule has 2 aliphatic rings.